The van der Waals surface area contributed by atoms with Crippen molar-refractivity contribution in [3.8, 4) is 0 Å². The van der Waals surface area contributed by atoms with Gasteiger partial charge in [0.1, 0.15) is 0 Å². The first-order valence-corrected chi connectivity index (χ1v) is 8.50. The summed E-state index contributed by atoms with van der Waals surface area (Å²) in [5.41, 5.74) is 0.461. The van der Waals surface area contributed by atoms with Gasteiger partial charge < -0.3 is 5.32 Å². The Labute approximate surface area is 120 Å². The van der Waals surface area contributed by atoms with E-state index in [4.69, 9.17) is 0 Å². The zero-order valence-corrected chi connectivity index (χ0v) is 13.5. The molecule has 2 fully saturated rings. The van der Waals surface area contributed by atoms with Gasteiger partial charge in [0.05, 0.1) is 0 Å². The van der Waals surface area contributed by atoms with E-state index in [1.807, 2.05) is 0 Å². The van der Waals surface area contributed by atoms with E-state index < -0.39 is 0 Å². The van der Waals surface area contributed by atoms with Gasteiger partial charge >= 0.3 is 0 Å². The van der Waals surface area contributed by atoms with Gasteiger partial charge in [0, 0.05) is 31.7 Å². The normalized spacial score (nSPS) is 32.2. The first kappa shape index (κ1) is 15.3. The maximum absolute atomic E-state index is 3.77. The molecule has 0 amide bonds. The minimum atomic E-state index is 0.461. The van der Waals surface area contributed by atoms with Crippen LogP contribution in [0.25, 0.3) is 0 Å². The standard InChI is InChI=1S/C17H34N2/c1-5-10-17(4,12-18-16-8-9-16)13-19-11-14(2)6-7-15(19)3/h14-16,18H,5-13H2,1-4H3. The smallest absolute Gasteiger partial charge is 0.00684 e. The van der Waals surface area contributed by atoms with Gasteiger partial charge in [0.15, 0.2) is 0 Å². The highest BCUT2D eigenvalue weighted by atomic mass is 15.2. The molecule has 1 N–H and O–H groups in total. The van der Waals surface area contributed by atoms with Gasteiger partial charge in [0.25, 0.3) is 0 Å². The van der Waals surface area contributed by atoms with E-state index in [1.54, 1.807) is 0 Å². The molecule has 2 rings (SSSR count). The molecule has 1 aliphatic carbocycles. The van der Waals surface area contributed by atoms with Crippen LogP contribution < -0.4 is 5.32 Å². The molecule has 1 saturated heterocycles. The van der Waals surface area contributed by atoms with E-state index in [9.17, 15) is 0 Å². The number of hydrogen-bond donors (Lipinski definition) is 1. The summed E-state index contributed by atoms with van der Waals surface area (Å²) >= 11 is 0. The summed E-state index contributed by atoms with van der Waals surface area (Å²) in [5, 5.41) is 3.77. The molecule has 1 saturated carbocycles. The largest absolute Gasteiger partial charge is 0.313 e. The number of likely N-dealkylation sites (tertiary alicyclic amines) is 1. The van der Waals surface area contributed by atoms with Gasteiger partial charge in [-0.25, -0.2) is 0 Å². The van der Waals surface area contributed by atoms with Crippen LogP contribution in [-0.2, 0) is 0 Å². The van der Waals surface area contributed by atoms with Crippen molar-refractivity contribution in [2.24, 2.45) is 11.3 Å². The van der Waals surface area contributed by atoms with Gasteiger partial charge in [0.2, 0.25) is 0 Å². The Hall–Kier alpha value is -0.0800. The van der Waals surface area contributed by atoms with Crippen molar-refractivity contribution in [1.29, 1.82) is 0 Å². The monoisotopic (exact) mass is 266 g/mol. The maximum atomic E-state index is 3.77. The van der Waals surface area contributed by atoms with E-state index in [1.165, 1.54) is 58.2 Å². The third-order valence-corrected chi connectivity index (χ3v) is 5.08. The van der Waals surface area contributed by atoms with E-state index in [2.05, 4.69) is 37.9 Å². The topological polar surface area (TPSA) is 15.3 Å². The van der Waals surface area contributed by atoms with Gasteiger partial charge in [-0.1, -0.05) is 27.2 Å². The minimum Gasteiger partial charge on any atom is -0.313 e. The molecule has 3 atom stereocenters. The van der Waals surface area contributed by atoms with Gasteiger partial charge in [-0.3, -0.25) is 4.90 Å². The number of hydrogen-bond acceptors (Lipinski definition) is 2. The predicted molar refractivity (Wildman–Crippen MR) is 83.5 cm³/mol. The molecule has 1 heterocycles. The van der Waals surface area contributed by atoms with Crippen LogP contribution in [0, 0.1) is 11.3 Å². The van der Waals surface area contributed by atoms with E-state index in [-0.39, 0.29) is 0 Å². The fourth-order valence-corrected chi connectivity index (χ4v) is 3.60. The summed E-state index contributed by atoms with van der Waals surface area (Å²) in [5.74, 6) is 0.887. The number of nitrogens with zero attached hydrogens (tertiary/aromatic N) is 1. The first-order valence-electron chi connectivity index (χ1n) is 8.50. The van der Waals surface area contributed by atoms with E-state index in [0.717, 1.165) is 18.0 Å². The van der Waals surface area contributed by atoms with Crippen molar-refractivity contribution >= 4 is 0 Å². The zero-order chi connectivity index (χ0) is 13.9. The van der Waals surface area contributed by atoms with Crippen molar-refractivity contribution in [2.45, 2.75) is 78.3 Å². The SMILES string of the molecule is CCCC(C)(CNC1CC1)CN1CC(C)CCC1C. The first-order chi connectivity index (χ1) is 9.02. The van der Waals surface area contributed by atoms with Gasteiger partial charge in [-0.2, -0.15) is 0 Å². The van der Waals surface area contributed by atoms with Crippen molar-refractivity contribution in [1.82, 2.24) is 10.2 Å². The van der Waals surface area contributed by atoms with Crippen molar-refractivity contribution in [3.63, 3.8) is 0 Å². The maximum Gasteiger partial charge on any atom is 0.00684 e. The molecule has 2 nitrogen and oxygen atoms in total. The summed E-state index contributed by atoms with van der Waals surface area (Å²) in [6.07, 6.45) is 8.27. The molecule has 1 aliphatic heterocycles. The second-order valence-corrected chi connectivity index (χ2v) is 7.68. The van der Waals surface area contributed by atoms with E-state index >= 15 is 0 Å². The van der Waals surface area contributed by atoms with Crippen molar-refractivity contribution < 1.29 is 0 Å². The van der Waals surface area contributed by atoms with Crippen LogP contribution in [0.2, 0.25) is 0 Å². The highest BCUT2D eigenvalue weighted by Gasteiger charge is 2.32. The molecular weight excluding hydrogens is 232 g/mol. The van der Waals surface area contributed by atoms with Crippen molar-refractivity contribution in [3.05, 3.63) is 0 Å². The lowest BCUT2D eigenvalue weighted by atomic mass is 9.83. The molecule has 19 heavy (non-hydrogen) atoms. The van der Waals surface area contributed by atoms with Crippen LogP contribution in [-0.4, -0.2) is 36.6 Å². The highest BCUT2D eigenvalue weighted by molar-refractivity contribution is 4.89. The molecule has 0 aromatic rings. The molecule has 0 aromatic carbocycles. The Morgan fingerprint density at radius 2 is 1.89 bits per heavy atom. The third-order valence-electron chi connectivity index (χ3n) is 5.08. The minimum absolute atomic E-state index is 0.461. The highest BCUT2D eigenvalue weighted by Crippen LogP contribution is 2.30. The lowest BCUT2D eigenvalue weighted by Crippen LogP contribution is -2.49. The second-order valence-electron chi connectivity index (χ2n) is 7.68. The Morgan fingerprint density at radius 1 is 1.16 bits per heavy atom. The third kappa shape index (κ3) is 4.75. The molecule has 2 aliphatic rings. The molecule has 0 radical (unpaired) electrons. The molecular formula is C17H34N2. The van der Waals surface area contributed by atoms with Gasteiger partial charge in [-0.05, 0) is 50.4 Å². The van der Waals surface area contributed by atoms with Crippen LogP contribution in [0.1, 0.15) is 66.2 Å². The second kappa shape index (κ2) is 6.58. The summed E-state index contributed by atoms with van der Waals surface area (Å²) in [4.78, 5) is 2.76. The molecule has 112 valence electrons. The van der Waals surface area contributed by atoms with Crippen LogP contribution in [0.5, 0.6) is 0 Å². The Balaban J connectivity index is 1.89. The van der Waals surface area contributed by atoms with Crippen LogP contribution in [0.4, 0.5) is 0 Å². The Morgan fingerprint density at radius 3 is 2.53 bits per heavy atom. The summed E-state index contributed by atoms with van der Waals surface area (Å²) in [7, 11) is 0. The molecule has 2 heteroatoms. The molecule has 0 bridgehead atoms. The van der Waals surface area contributed by atoms with Gasteiger partial charge in [-0.15, -0.1) is 0 Å². The van der Waals surface area contributed by atoms with Crippen LogP contribution >= 0.6 is 0 Å². The predicted octanol–water partition coefficient (Wildman–Crippen LogP) is 3.67. The average Bonchev–Trinajstić information content (AvgIpc) is 3.16. The molecule has 0 aromatic heterocycles. The van der Waals surface area contributed by atoms with Crippen LogP contribution in [0.3, 0.4) is 0 Å². The lowest BCUT2D eigenvalue weighted by molar-refractivity contribution is 0.0682. The Bertz CT molecular complexity index is 274. The summed E-state index contributed by atoms with van der Waals surface area (Å²) in [6.45, 7) is 13.5. The fourth-order valence-electron chi connectivity index (χ4n) is 3.60. The average molecular weight is 266 g/mol. The fraction of sp³-hybridized carbons (Fsp3) is 1.00. The number of rotatable bonds is 7. The summed E-state index contributed by atoms with van der Waals surface area (Å²) < 4.78 is 0. The lowest BCUT2D eigenvalue weighted by Gasteiger charge is -2.43. The quantitative estimate of drug-likeness (QED) is 0.756. The molecule has 3 unspecified atom stereocenters. The number of nitrogens with one attached hydrogen (secondary N) is 1. The molecule has 0 spiro atoms. The summed E-state index contributed by atoms with van der Waals surface area (Å²) in [6, 6.07) is 1.63. The number of piperidine rings is 1. The Kier molecular flexibility index (Phi) is 5.30. The van der Waals surface area contributed by atoms with Crippen molar-refractivity contribution in [2.75, 3.05) is 19.6 Å². The van der Waals surface area contributed by atoms with E-state index in [0.29, 0.717) is 5.41 Å². The zero-order valence-electron chi connectivity index (χ0n) is 13.5. The van der Waals surface area contributed by atoms with Crippen LogP contribution in [0.15, 0.2) is 0 Å².